The van der Waals surface area contributed by atoms with Crippen molar-refractivity contribution in [2.45, 2.75) is 25.3 Å². The molecule has 0 radical (unpaired) electrons. The molecular weight excluding hydrogens is 298 g/mol. The molecule has 7 heteroatoms. The molecule has 2 aliphatic heterocycles. The van der Waals surface area contributed by atoms with Crippen LogP contribution < -0.4 is 5.32 Å². The van der Waals surface area contributed by atoms with Gasteiger partial charge in [0.15, 0.2) is 0 Å². The van der Waals surface area contributed by atoms with E-state index < -0.39 is 0 Å². The fourth-order valence-electron chi connectivity index (χ4n) is 2.79. The van der Waals surface area contributed by atoms with E-state index in [0.717, 1.165) is 44.8 Å². The number of carbonyl (C=O) groups is 2. The van der Waals surface area contributed by atoms with Crippen molar-refractivity contribution in [3.63, 3.8) is 0 Å². The number of piperazine rings is 1. The van der Waals surface area contributed by atoms with Gasteiger partial charge in [0.25, 0.3) is 0 Å². The van der Waals surface area contributed by atoms with Gasteiger partial charge in [-0.3, -0.25) is 9.59 Å². The van der Waals surface area contributed by atoms with E-state index in [1.54, 1.807) is 11.8 Å². The van der Waals surface area contributed by atoms with Crippen molar-refractivity contribution >= 4 is 36.0 Å². The number of nitrogens with one attached hydrogen (secondary N) is 1. The van der Waals surface area contributed by atoms with Crippen molar-refractivity contribution in [1.29, 1.82) is 0 Å². The molecule has 0 spiro atoms. The van der Waals surface area contributed by atoms with E-state index in [4.69, 9.17) is 0 Å². The summed E-state index contributed by atoms with van der Waals surface area (Å²) in [6.45, 7) is 3.65. The number of piperidine rings is 1. The quantitative estimate of drug-likeness (QED) is 0.823. The van der Waals surface area contributed by atoms with Crippen LogP contribution in [0, 0.1) is 0 Å². The van der Waals surface area contributed by atoms with Crippen LogP contribution >= 0.6 is 24.2 Å². The van der Waals surface area contributed by atoms with Crippen LogP contribution in [0.2, 0.25) is 0 Å². The number of likely N-dealkylation sites (tertiary alicyclic amines) is 1. The normalized spacial score (nSPS) is 23.4. The van der Waals surface area contributed by atoms with Gasteiger partial charge in [-0.1, -0.05) is 0 Å². The first kappa shape index (κ1) is 17.6. The van der Waals surface area contributed by atoms with E-state index in [1.807, 2.05) is 16.1 Å². The topological polar surface area (TPSA) is 52.7 Å². The zero-order chi connectivity index (χ0) is 13.7. The molecule has 0 aromatic carbocycles. The summed E-state index contributed by atoms with van der Waals surface area (Å²) in [5.41, 5.74) is 0. The number of hydrogen-bond donors (Lipinski definition) is 1. The number of rotatable bonds is 4. The molecule has 2 heterocycles. The van der Waals surface area contributed by atoms with Crippen LogP contribution in [0.15, 0.2) is 0 Å². The van der Waals surface area contributed by atoms with Crippen molar-refractivity contribution in [3.05, 3.63) is 0 Å². The van der Waals surface area contributed by atoms with Crippen molar-refractivity contribution < 1.29 is 9.59 Å². The monoisotopic (exact) mass is 321 g/mol. The van der Waals surface area contributed by atoms with Gasteiger partial charge in [0.2, 0.25) is 11.8 Å². The Hall–Kier alpha value is -0.460. The minimum atomic E-state index is 0. The van der Waals surface area contributed by atoms with Gasteiger partial charge in [-0.2, -0.15) is 11.8 Å². The Kier molecular flexibility index (Phi) is 7.69. The van der Waals surface area contributed by atoms with Crippen molar-refractivity contribution in [2.75, 3.05) is 44.7 Å². The van der Waals surface area contributed by atoms with Crippen LogP contribution in [-0.2, 0) is 9.59 Å². The largest absolute Gasteiger partial charge is 0.341 e. The standard InChI is InChI=1S/C13H23N3O2S.ClH/c1-19-8-4-12(17)15-6-2-3-11(10-15)16-7-5-14-9-13(16)18;/h11,14H,2-10H2,1H3;1H. The molecule has 5 nitrogen and oxygen atoms in total. The Morgan fingerprint density at radius 3 is 2.95 bits per heavy atom. The highest BCUT2D eigenvalue weighted by atomic mass is 35.5. The highest BCUT2D eigenvalue weighted by molar-refractivity contribution is 7.98. The van der Waals surface area contributed by atoms with Gasteiger partial charge in [0, 0.05) is 44.4 Å². The number of hydrogen-bond acceptors (Lipinski definition) is 4. The lowest BCUT2D eigenvalue weighted by molar-refractivity contribution is -0.140. The van der Waals surface area contributed by atoms with E-state index in [9.17, 15) is 9.59 Å². The molecule has 2 rings (SSSR count). The van der Waals surface area contributed by atoms with Gasteiger partial charge in [-0.25, -0.2) is 0 Å². The number of halogens is 1. The molecule has 0 aliphatic carbocycles. The molecule has 2 fully saturated rings. The maximum atomic E-state index is 12.1. The highest BCUT2D eigenvalue weighted by Crippen LogP contribution is 2.18. The molecule has 0 aromatic heterocycles. The van der Waals surface area contributed by atoms with Crippen molar-refractivity contribution in [2.24, 2.45) is 0 Å². The lowest BCUT2D eigenvalue weighted by atomic mass is 10.0. The third-order valence-corrected chi connectivity index (χ3v) is 4.45. The number of thioether (sulfide) groups is 1. The van der Waals surface area contributed by atoms with Crippen LogP contribution in [-0.4, -0.2) is 72.4 Å². The highest BCUT2D eigenvalue weighted by Gasteiger charge is 2.31. The lowest BCUT2D eigenvalue weighted by Gasteiger charge is -2.41. The summed E-state index contributed by atoms with van der Waals surface area (Å²) in [6, 6.07) is 0.224. The van der Waals surface area contributed by atoms with Gasteiger partial charge >= 0.3 is 0 Å². The van der Waals surface area contributed by atoms with Gasteiger partial charge in [0.1, 0.15) is 0 Å². The molecule has 1 atom stereocenters. The summed E-state index contributed by atoms with van der Waals surface area (Å²) in [5.74, 6) is 1.29. The molecular formula is C13H24ClN3O2S. The summed E-state index contributed by atoms with van der Waals surface area (Å²) in [4.78, 5) is 27.9. The zero-order valence-electron chi connectivity index (χ0n) is 12.0. The third kappa shape index (κ3) is 4.53. The van der Waals surface area contributed by atoms with Crippen LogP contribution in [0.3, 0.4) is 0 Å². The maximum absolute atomic E-state index is 12.1. The molecule has 0 aromatic rings. The first-order valence-electron chi connectivity index (χ1n) is 6.99. The fraction of sp³-hybridized carbons (Fsp3) is 0.846. The molecule has 116 valence electrons. The summed E-state index contributed by atoms with van der Waals surface area (Å²) in [5, 5.41) is 3.09. The van der Waals surface area contributed by atoms with Crippen molar-refractivity contribution in [1.82, 2.24) is 15.1 Å². The number of carbonyl (C=O) groups excluding carboxylic acids is 2. The first-order chi connectivity index (χ1) is 9.22. The molecule has 2 aliphatic rings. The second kappa shape index (κ2) is 8.74. The van der Waals surface area contributed by atoms with Crippen LogP contribution in [0.4, 0.5) is 0 Å². The molecule has 1 unspecified atom stereocenters. The minimum Gasteiger partial charge on any atom is -0.341 e. The van der Waals surface area contributed by atoms with Gasteiger partial charge in [0.05, 0.1) is 6.54 Å². The lowest BCUT2D eigenvalue weighted by Crippen LogP contribution is -2.57. The number of amides is 2. The predicted molar refractivity (Wildman–Crippen MR) is 84.4 cm³/mol. The summed E-state index contributed by atoms with van der Waals surface area (Å²) in [7, 11) is 0. The Balaban J connectivity index is 0.00000200. The van der Waals surface area contributed by atoms with E-state index in [2.05, 4.69) is 5.32 Å². The van der Waals surface area contributed by atoms with E-state index in [0.29, 0.717) is 13.0 Å². The number of nitrogens with zero attached hydrogens (tertiary/aromatic N) is 2. The zero-order valence-corrected chi connectivity index (χ0v) is 13.6. The molecule has 0 saturated carbocycles. The second-order valence-corrected chi connectivity index (χ2v) is 6.13. The molecule has 0 bridgehead atoms. The second-order valence-electron chi connectivity index (χ2n) is 5.14. The molecule has 1 N–H and O–H groups in total. The Bertz CT molecular complexity index is 344. The molecule has 20 heavy (non-hydrogen) atoms. The fourth-order valence-corrected chi connectivity index (χ4v) is 3.17. The van der Waals surface area contributed by atoms with Crippen LogP contribution in [0.5, 0.6) is 0 Å². The van der Waals surface area contributed by atoms with E-state index in [-0.39, 0.29) is 30.3 Å². The molecule has 2 amide bonds. The summed E-state index contributed by atoms with van der Waals surface area (Å²) >= 11 is 1.70. The maximum Gasteiger partial charge on any atom is 0.236 e. The van der Waals surface area contributed by atoms with Crippen LogP contribution in [0.1, 0.15) is 19.3 Å². The summed E-state index contributed by atoms with van der Waals surface area (Å²) in [6.07, 6.45) is 4.67. The average molecular weight is 322 g/mol. The predicted octanol–water partition coefficient (Wildman–Crippen LogP) is 0.584. The van der Waals surface area contributed by atoms with Crippen LogP contribution in [0.25, 0.3) is 0 Å². The van der Waals surface area contributed by atoms with Crippen molar-refractivity contribution in [3.8, 4) is 0 Å². The van der Waals surface area contributed by atoms with Gasteiger partial charge in [-0.05, 0) is 19.1 Å². The van der Waals surface area contributed by atoms with Gasteiger partial charge < -0.3 is 15.1 Å². The average Bonchev–Trinajstić information content (AvgIpc) is 2.45. The molecule has 2 saturated heterocycles. The first-order valence-corrected chi connectivity index (χ1v) is 8.38. The Morgan fingerprint density at radius 1 is 1.45 bits per heavy atom. The Morgan fingerprint density at radius 2 is 2.25 bits per heavy atom. The SMILES string of the molecule is CSCCC(=O)N1CCCC(N2CCNCC2=O)C1.Cl. The summed E-state index contributed by atoms with van der Waals surface area (Å²) < 4.78 is 0. The smallest absolute Gasteiger partial charge is 0.236 e. The van der Waals surface area contributed by atoms with E-state index in [1.165, 1.54) is 0 Å². The van der Waals surface area contributed by atoms with E-state index >= 15 is 0 Å². The Labute approximate surface area is 131 Å². The minimum absolute atomic E-state index is 0. The van der Waals surface area contributed by atoms with Gasteiger partial charge in [-0.15, -0.1) is 12.4 Å². The third-order valence-electron chi connectivity index (χ3n) is 3.84.